The first-order valence-corrected chi connectivity index (χ1v) is 8.95. The highest BCUT2D eigenvalue weighted by atomic mass is 32.1. The van der Waals surface area contributed by atoms with Crippen LogP contribution in [-0.4, -0.2) is 34.2 Å². The maximum absolute atomic E-state index is 12.4. The minimum atomic E-state index is -0.342. The lowest BCUT2D eigenvalue weighted by Crippen LogP contribution is -2.32. The van der Waals surface area contributed by atoms with Gasteiger partial charge in [0.05, 0.1) is 16.8 Å². The highest BCUT2D eigenvalue weighted by molar-refractivity contribution is 7.15. The summed E-state index contributed by atoms with van der Waals surface area (Å²) in [6.07, 6.45) is 0.858. The van der Waals surface area contributed by atoms with E-state index in [0.29, 0.717) is 16.3 Å². The number of carbonyl (C=O) groups is 3. The summed E-state index contributed by atoms with van der Waals surface area (Å²) in [7, 11) is 0. The number of rotatable bonds is 5. The number of benzene rings is 1. The number of imide groups is 1. The second-order valence-corrected chi connectivity index (χ2v) is 7.19. The Kier molecular flexibility index (Phi) is 4.67. The highest BCUT2D eigenvalue weighted by Gasteiger charge is 2.35. The lowest BCUT2D eigenvalue weighted by Gasteiger charge is -2.12. The first-order chi connectivity index (χ1) is 11.9. The summed E-state index contributed by atoms with van der Waals surface area (Å²) < 4.78 is 0. The molecule has 1 aromatic carbocycles. The molecule has 2 heterocycles. The number of hydrogen-bond acceptors (Lipinski definition) is 5. The Morgan fingerprint density at radius 3 is 2.60 bits per heavy atom. The Morgan fingerprint density at radius 1 is 1.20 bits per heavy atom. The third kappa shape index (κ3) is 3.32. The molecule has 0 spiro atoms. The molecule has 2 aromatic rings. The molecule has 3 rings (SSSR count). The summed E-state index contributed by atoms with van der Waals surface area (Å²) in [6, 6.07) is 5.17. The minimum Gasteiger partial charge on any atom is -0.302 e. The van der Waals surface area contributed by atoms with Gasteiger partial charge < -0.3 is 5.32 Å². The summed E-state index contributed by atoms with van der Waals surface area (Å²) >= 11 is 1.43. The first kappa shape index (κ1) is 17.3. The van der Waals surface area contributed by atoms with Crippen LogP contribution in [0.1, 0.15) is 50.2 Å². The molecule has 25 heavy (non-hydrogen) atoms. The van der Waals surface area contributed by atoms with Gasteiger partial charge in [-0.3, -0.25) is 19.3 Å². The number of aromatic nitrogens is 1. The van der Waals surface area contributed by atoms with Gasteiger partial charge in [0.15, 0.2) is 5.13 Å². The second kappa shape index (κ2) is 6.76. The van der Waals surface area contributed by atoms with Crippen molar-refractivity contribution in [1.29, 1.82) is 0 Å². The lowest BCUT2D eigenvalue weighted by atomic mass is 10.1. The van der Waals surface area contributed by atoms with E-state index in [0.717, 1.165) is 27.5 Å². The van der Waals surface area contributed by atoms with Crippen molar-refractivity contribution in [2.75, 3.05) is 11.9 Å². The van der Waals surface area contributed by atoms with Crippen molar-refractivity contribution < 1.29 is 14.4 Å². The quantitative estimate of drug-likeness (QED) is 0.835. The van der Waals surface area contributed by atoms with Crippen molar-refractivity contribution in [2.45, 2.75) is 33.6 Å². The number of hydrogen-bond donors (Lipinski definition) is 1. The van der Waals surface area contributed by atoms with Gasteiger partial charge in [-0.15, -0.1) is 11.3 Å². The molecule has 6 nitrogen and oxygen atoms in total. The van der Waals surface area contributed by atoms with Crippen molar-refractivity contribution in [2.24, 2.45) is 0 Å². The van der Waals surface area contributed by atoms with Crippen LogP contribution in [0, 0.1) is 13.8 Å². The molecule has 1 aliphatic rings. The van der Waals surface area contributed by atoms with Crippen LogP contribution < -0.4 is 5.32 Å². The van der Waals surface area contributed by atoms with Crippen LogP contribution in [0.2, 0.25) is 0 Å². The zero-order valence-corrected chi connectivity index (χ0v) is 15.2. The van der Waals surface area contributed by atoms with E-state index < -0.39 is 0 Å². The largest absolute Gasteiger partial charge is 0.302 e. The van der Waals surface area contributed by atoms with Crippen LogP contribution in [0.4, 0.5) is 5.13 Å². The Balaban J connectivity index is 1.63. The van der Waals surface area contributed by atoms with E-state index in [1.807, 2.05) is 20.8 Å². The summed E-state index contributed by atoms with van der Waals surface area (Å²) in [5.74, 6) is -0.940. The van der Waals surface area contributed by atoms with Crippen LogP contribution >= 0.6 is 11.3 Å². The molecule has 0 aliphatic carbocycles. The second-order valence-electron chi connectivity index (χ2n) is 5.98. The van der Waals surface area contributed by atoms with Gasteiger partial charge in [-0.2, -0.15) is 0 Å². The van der Waals surface area contributed by atoms with Crippen molar-refractivity contribution in [1.82, 2.24) is 9.88 Å². The Labute approximate surface area is 149 Å². The molecule has 0 bridgehead atoms. The first-order valence-electron chi connectivity index (χ1n) is 8.13. The minimum absolute atomic E-state index is 0.0462. The molecule has 1 aromatic heterocycles. The Hall–Kier alpha value is -2.54. The summed E-state index contributed by atoms with van der Waals surface area (Å²) in [6.45, 7) is 5.90. The standard InChI is InChI=1S/C18H19N3O3S/c1-4-14-11(3)25-18(19-14)20-15(22)7-8-21-16(23)12-6-5-10(2)9-13(12)17(21)24/h5-6,9H,4,7-8H2,1-3H3,(H,19,20,22). The van der Waals surface area contributed by atoms with E-state index in [9.17, 15) is 14.4 Å². The van der Waals surface area contributed by atoms with Gasteiger partial charge in [0, 0.05) is 17.8 Å². The lowest BCUT2D eigenvalue weighted by molar-refractivity contribution is -0.116. The summed E-state index contributed by atoms with van der Waals surface area (Å²) in [5.41, 5.74) is 2.70. The van der Waals surface area contributed by atoms with Crippen LogP contribution in [0.15, 0.2) is 18.2 Å². The molecule has 130 valence electrons. The van der Waals surface area contributed by atoms with Crippen LogP contribution in [0.25, 0.3) is 0 Å². The van der Waals surface area contributed by atoms with Gasteiger partial charge in [0.25, 0.3) is 11.8 Å². The number of fused-ring (bicyclic) bond motifs is 1. The maximum atomic E-state index is 12.4. The zero-order valence-electron chi connectivity index (χ0n) is 14.4. The van der Waals surface area contributed by atoms with Gasteiger partial charge in [0.2, 0.25) is 5.91 Å². The fourth-order valence-electron chi connectivity index (χ4n) is 2.81. The number of carbonyl (C=O) groups excluding carboxylic acids is 3. The number of thiazole rings is 1. The van der Waals surface area contributed by atoms with Crippen molar-refractivity contribution >= 4 is 34.2 Å². The fraction of sp³-hybridized carbons (Fsp3) is 0.333. The van der Waals surface area contributed by atoms with E-state index in [-0.39, 0.29) is 30.7 Å². The third-order valence-electron chi connectivity index (χ3n) is 4.16. The van der Waals surface area contributed by atoms with Crippen molar-refractivity contribution in [3.8, 4) is 0 Å². The van der Waals surface area contributed by atoms with E-state index in [1.165, 1.54) is 11.3 Å². The molecule has 0 saturated heterocycles. The fourth-order valence-corrected chi connectivity index (χ4v) is 3.73. The van der Waals surface area contributed by atoms with Gasteiger partial charge >= 0.3 is 0 Å². The molecular formula is C18H19N3O3S. The molecule has 7 heteroatoms. The predicted octanol–water partition coefficient (Wildman–Crippen LogP) is 2.95. The van der Waals surface area contributed by atoms with Crippen molar-refractivity contribution in [3.05, 3.63) is 45.5 Å². The smallest absolute Gasteiger partial charge is 0.261 e. The van der Waals surface area contributed by atoms with Gasteiger partial charge in [-0.1, -0.05) is 18.6 Å². The predicted molar refractivity (Wildman–Crippen MR) is 96.0 cm³/mol. The monoisotopic (exact) mass is 357 g/mol. The summed E-state index contributed by atoms with van der Waals surface area (Å²) in [5, 5.41) is 3.29. The average Bonchev–Trinajstić information content (AvgIpc) is 3.03. The molecule has 0 radical (unpaired) electrons. The number of aryl methyl sites for hydroxylation is 3. The van der Waals surface area contributed by atoms with E-state index in [1.54, 1.807) is 18.2 Å². The molecule has 1 N–H and O–H groups in total. The SMILES string of the molecule is CCc1nc(NC(=O)CCN2C(=O)c3ccc(C)cc3C2=O)sc1C. The van der Waals surface area contributed by atoms with E-state index in [4.69, 9.17) is 0 Å². The molecule has 1 aliphatic heterocycles. The number of amides is 3. The van der Waals surface area contributed by atoms with Crippen molar-refractivity contribution in [3.63, 3.8) is 0 Å². The molecule has 0 saturated carbocycles. The third-order valence-corrected chi connectivity index (χ3v) is 5.09. The van der Waals surface area contributed by atoms with E-state index in [2.05, 4.69) is 10.3 Å². The Morgan fingerprint density at radius 2 is 1.92 bits per heavy atom. The normalized spacial score (nSPS) is 13.3. The average molecular weight is 357 g/mol. The maximum Gasteiger partial charge on any atom is 0.261 e. The number of nitrogens with one attached hydrogen (secondary N) is 1. The molecule has 0 unspecified atom stereocenters. The molecule has 0 atom stereocenters. The molecule has 3 amide bonds. The highest BCUT2D eigenvalue weighted by Crippen LogP contribution is 2.25. The van der Waals surface area contributed by atoms with Gasteiger partial charge in [-0.25, -0.2) is 4.98 Å². The molecular weight excluding hydrogens is 338 g/mol. The van der Waals surface area contributed by atoms with Gasteiger partial charge in [0.1, 0.15) is 0 Å². The topological polar surface area (TPSA) is 79.4 Å². The summed E-state index contributed by atoms with van der Waals surface area (Å²) in [4.78, 5) is 43.4. The van der Waals surface area contributed by atoms with Crippen LogP contribution in [0.5, 0.6) is 0 Å². The van der Waals surface area contributed by atoms with Crippen LogP contribution in [-0.2, 0) is 11.2 Å². The zero-order chi connectivity index (χ0) is 18.1. The van der Waals surface area contributed by atoms with Crippen LogP contribution in [0.3, 0.4) is 0 Å². The van der Waals surface area contributed by atoms with E-state index >= 15 is 0 Å². The number of nitrogens with zero attached hydrogens (tertiary/aromatic N) is 2. The van der Waals surface area contributed by atoms with Gasteiger partial charge in [-0.05, 0) is 32.4 Å². The Bertz CT molecular complexity index is 872. The number of anilines is 1. The molecule has 0 fully saturated rings.